The van der Waals surface area contributed by atoms with E-state index in [2.05, 4.69) is 27.9 Å². The lowest BCUT2D eigenvalue weighted by Crippen LogP contribution is -2.50. The third-order valence-electron chi connectivity index (χ3n) is 4.39. The van der Waals surface area contributed by atoms with Gasteiger partial charge < -0.3 is 15.1 Å². The summed E-state index contributed by atoms with van der Waals surface area (Å²) in [7, 11) is 0. The normalized spacial score (nSPS) is 20.2. The van der Waals surface area contributed by atoms with Crippen LogP contribution in [0.2, 0.25) is 0 Å². The van der Waals surface area contributed by atoms with E-state index in [1.807, 2.05) is 0 Å². The van der Waals surface area contributed by atoms with Crippen molar-refractivity contribution in [1.29, 1.82) is 0 Å². The Labute approximate surface area is 150 Å². The van der Waals surface area contributed by atoms with Gasteiger partial charge in [-0.15, -0.1) is 11.3 Å². The third-order valence-corrected chi connectivity index (χ3v) is 5.20. The molecule has 25 heavy (non-hydrogen) atoms. The first-order valence-corrected chi connectivity index (χ1v) is 9.21. The number of anilines is 1. The molecule has 134 valence electrons. The summed E-state index contributed by atoms with van der Waals surface area (Å²) in [6, 6.07) is 1.77. The lowest BCUT2D eigenvalue weighted by Gasteiger charge is -2.30. The van der Waals surface area contributed by atoms with Crippen LogP contribution in [0.3, 0.4) is 0 Å². The maximum Gasteiger partial charge on any atom is 0.260 e. The quantitative estimate of drug-likeness (QED) is 0.755. The molecule has 0 aliphatic carbocycles. The largest absolute Gasteiger partial charge is 0.469 e. The fourth-order valence-electron chi connectivity index (χ4n) is 2.84. The predicted molar refractivity (Wildman–Crippen MR) is 95.8 cm³/mol. The molecule has 2 amide bonds. The summed E-state index contributed by atoms with van der Waals surface area (Å²) >= 11 is 1.30. The Morgan fingerprint density at radius 2 is 2.32 bits per heavy atom. The lowest BCUT2D eigenvalue weighted by atomic mass is 9.95. The molecule has 3 heterocycles. The minimum absolute atomic E-state index is 0.0468. The summed E-state index contributed by atoms with van der Waals surface area (Å²) in [5, 5.41) is 11.4. The number of carbonyl (C=O) groups is 2. The number of amides is 2. The molecular weight excluding hydrogens is 340 g/mol. The van der Waals surface area contributed by atoms with Crippen molar-refractivity contribution in [3.05, 3.63) is 34.7 Å². The summed E-state index contributed by atoms with van der Waals surface area (Å²) in [6.07, 6.45) is 2.74. The Balaban J connectivity index is 1.53. The van der Waals surface area contributed by atoms with Crippen molar-refractivity contribution in [1.82, 2.24) is 15.6 Å². The first kappa shape index (κ1) is 17.6. The Morgan fingerprint density at radius 3 is 3.04 bits per heavy atom. The monoisotopic (exact) mass is 362 g/mol. The number of furan rings is 1. The minimum atomic E-state index is -0.265. The zero-order valence-corrected chi connectivity index (χ0v) is 15.1. The number of carbonyl (C=O) groups excluding carboxylic acids is 2. The van der Waals surface area contributed by atoms with Gasteiger partial charge in [-0.05, 0) is 31.9 Å². The fraction of sp³-hybridized carbons (Fsp3) is 0.471. The number of hydrogen-bond acceptors (Lipinski definition) is 6. The molecule has 3 rings (SSSR count). The maximum absolute atomic E-state index is 12.2. The Kier molecular flexibility index (Phi) is 5.50. The van der Waals surface area contributed by atoms with Crippen LogP contribution in [-0.2, 0) is 11.2 Å². The van der Waals surface area contributed by atoms with E-state index in [0.29, 0.717) is 28.1 Å². The van der Waals surface area contributed by atoms with Crippen LogP contribution in [0.25, 0.3) is 0 Å². The predicted octanol–water partition coefficient (Wildman–Crippen LogP) is 1.95. The van der Waals surface area contributed by atoms with E-state index in [1.165, 1.54) is 17.6 Å². The highest BCUT2D eigenvalue weighted by molar-refractivity contribution is 7.14. The highest BCUT2D eigenvalue weighted by Gasteiger charge is 2.23. The molecule has 0 saturated carbocycles. The molecule has 2 unspecified atom stereocenters. The van der Waals surface area contributed by atoms with Crippen molar-refractivity contribution in [3.63, 3.8) is 0 Å². The lowest BCUT2D eigenvalue weighted by molar-refractivity contribution is -0.121. The van der Waals surface area contributed by atoms with Gasteiger partial charge in [0.05, 0.1) is 23.9 Å². The number of nitrogens with zero attached hydrogens (tertiary/aromatic N) is 1. The minimum Gasteiger partial charge on any atom is -0.469 e. The Morgan fingerprint density at radius 1 is 1.48 bits per heavy atom. The molecule has 1 saturated heterocycles. The van der Waals surface area contributed by atoms with Crippen LogP contribution in [0.5, 0.6) is 0 Å². The molecule has 0 bridgehead atoms. The van der Waals surface area contributed by atoms with Gasteiger partial charge in [0.15, 0.2) is 5.13 Å². The van der Waals surface area contributed by atoms with Crippen LogP contribution >= 0.6 is 11.3 Å². The molecule has 2 atom stereocenters. The molecule has 1 aliphatic heterocycles. The van der Waals surface area contributed by atoms with Crippen LogP contribution < -0.4 is 16.0 Å². The van der Waals surface area contributed by atoms with Crippen LogP contribution in [0, 0.1) is 12.8 Å². The van der Waals surface area contributed by atoms with E-state index in [-0.39, 0.29) is 24.3 Å². The van der Waals surface area contributed by atoms with Gasteiger partial charge in [0, 0.05) is 18.0 Å². The summed E-state index contributed by atoms with van der Waals surface area (Å²) < 4.78 is 5.13. The van der Waals surface area contributed by atoms with Crippen LogP contribution in [0.4, 0.5) is 5.13 Å². The highest BCUT2D eigenvalue weighted by atomic mass is 32.1. The van der Waals surface area contributed by atoms with Gasteiger partial charge >= 0.3 is 0 Å². The number of aryl methyl sites for hydroxylation is 1. The molecule has 8 heteroatoms. The molecule has 0 aromatic carbocycles. The van der Waals surface area contributed by atoms with Crippen molar-refractivity contribution in [2.75, 3.05) is 18.4 Å². The van der Waals surface area contributed by atoms with Crippen molar-refractivity contribution >= 4 is 28.3 Å². The first-order valence-electron chi connectivity index (χ1n) is 8.33. The second-order valence-corrected chi connectivity index (χ2v) is 7.17. The third kappa shape index (κ3) is 4.46. The fourth-order valence-corrected chi connectivity index (χ4v) is 3.54. The second kappa shape index (κ2) is 7.79. The molecule has 0 radical (unpaired) electrons. The van der Waals surface area contributed by atoms with Gasteiger partial charge in [0.1, 0.15) is 5.76 Å². The van der Waals surface area contributed by atoms with E-state index in [4.69, 9.17) is 4.42 Å². The van der Waals surface area contributed by atoms with Crippen LogP contribution in [0.15, 0.2) is 22.1 Å². The van der Waals surface area contributed by atoms with Crippen LogP contribution in [-0.4, -0.2) is 35.9 Å². The molecule has 2 aromatic heterocycles. The van der Waals surface area contributed by atoms with Crippen molar-refractivity contribution < 1.29 is 14.0 Å². The van der Waals surface area contributed by atoms with E-state index < -0.39 is 0 Å². The number of nitrogens with one attached hydrogen (secondary N) is 3. The molecule has 7 nitrogen and oxygen atoms in total. The van der Waals surface area contributed by atoms with E-state index >= 15 is 0 Å². The van der Waals surface area contributed by atoms with Crippen LogP contribution in [0.1, 0.15) is 35.2 Å². The smallest absolute Gasteiger partial charge is 0.260 e. The molecule has 1 fully saturated rings. The second-order valence-electron chi connectivity index (χ2n) is 6.31. The number of hydrogen-bond donors (Lipinski definition) is 3. The van der Waals surface area contributed by atoms with E-state index in [0.717, 1.165) is 19.5 Å². The van der Waals surface area contributed by atoms with Crippen molar-refractivity contribution in [3.8, 4) is 0 Å². The molecule has 1 aliphatic rings. The van der Waals surface area contributed by atoms with E-state index in [1.54, 1.807) is 18.4 Å². The summed E-state index contributed by atoms with van der Waals surface area (Å²) in [5.74, 6) is 0.714. The van der Waals surface area contributed by atoms with E-state index in [9.17, 15) is 9.59 Å². The van der Waals surface area contributed by atoms with Gasteiger partial charge in [0.2, 0.25) is 5.91 Å². The topological polar surface area (TPSA) is 96.3 Å². The Hall–Kier alpha value is -2.19. The summed E-state index contributed by atoms with van der Waals surface area (Å²) in [4.78, 5) is 28.7. The molecule has 0 spiro atoms. The molecule has 3 N–H and O–H groups in total. The molecule has 2 aromatic rings. The zero-order chi connectivity index (χ0) is 17.8. The van der Waals surface area contributed by atoms with Gasteiger partial charge in [-0.3, -0.25) is 14.9 Å². The summed E-state index contributed by atoms with van der Waals surface area (Å²) in [6.45, 7) is 5.68. The average Bonchev–Trinajstić information content (AvgIpc) is 3.18. The number of thiazole rings is 1. The number of aromatic nitrogens is 1. The van der Waals surface area contributed by atoms with Crippen molar-refractivity contribution in [2.45, 2.75) is 32.7 Å². The van der Waals surface area contributed by atoms with Gasteiger partial charge in [-0.25, -0.2) is 4.98 Å². The highest BCUT2D eigenvalue weighted by Crippen LogP contribution is 2.18. The molecular formula is C17H22N4O3S. The average molecular weight is 362 g/mol. The zero-order valence-electron chi connectivity index (χ0n) is 14.3. The van der Waals surface area contributed by atoms with Crippen molar-refractivity contribution in [2.24, 2.45) is 5.92 Å². The first-order chi connectivity index (χ1) is 12.0. The van der Waals surface area contributed by atoms with Gasteiger partial charge in [-0.1, -0.05) is 6.92 Å². The summed E-state index contributed by atoms with van der Waals surface area (Å²) in [5.41, 5.74) is 1.13. The number of rotatable bonds is 5. The Bertz CT molecular complexity index is 755. The van der Waals surface area contributed by atoms with Gasteiger partial charge in [0.25, 0.3) is 5.91 Å². The maximum atomic E-state index is 12.2. The SMILES string of the molecule is Cc1occc1C(=O)Nc1nc(CC(=O)NC2CNCCC2C)cs1. The number of piperidine rings is 1. The standard InChI is InChI=1S/C17H22N4O3S/c1-10-3-5-18-8-14(10)20-15(22)7-12-9-25-17(19-12)21-16(23)13-4-6-24-11(13)2/h4,6,9-10,14,18H,3,5,7-8H2,1-2H3,(H,20,22)(H,19,21,23). The van der Waals surface area contributed by atoms with Gasteiger partial charge in [-0.2, -0.15) is 0 Å².